The van der Waals surface area contributed by atoms with E-state index in [-0.39, 0.29) is 12.0 Å². The molecular formula is C13H17BrN2O2. The van der Waals surface area contributed by atoms with Gasteiger partial charge in [0.2, 0.25) is 5.91 Å². The molecule has 18 heavy (non-hydrogen) atoms. The van der Waals surface area contributed by atoms with Crippen LogP contribution in [0.1, 0.15) is 25.7 Å². The van der Waals surface area contributed by atoms with Crippen molar-refractivity contribution < 1.29 is 9.53 Å². The fourth-order valence-corrected chi connectivity index (χ4v) is 2.50. The second-order valence-electron chi connectivity index (χ2n) is 4.48. The molecule has 4 nitrogen and oxygen atoms in total. The van der Waals surface area contributed by atoms with E-state index in [1.54, 1.807) is 18.2 Å². The van der Waals surface area contributed by atoms with Crippen molar-refractivity contribution in [3.63, 3.8) is 0 Å². The molecule has 1 aromatic carbocycles. The van der Waals surface area contributed by atoms with Gasteiger partial charge < -0.3 is 15.8 Å². The SMILES string of the molecule is Nc1ccc(NC(=O)CC2CCCCO2)c(Br)c1. The molecule has 0 aromatic heterocycles. The highest BCUT2D eigenvalue weighted by Crippen LogP contribution is 2.25. The number of nitrogens with two attached hydrogens (primary N) is 1. The van der Waals surface area contributed by atoms with E-state index in [1.807, 2.05) is 0 Å². The Balaban J connectivity index is 1.90. The minimum absolute atomic E-state index is 0.0210. The van der Waals surface area contributed by atoms with Gasteiger partial charge in [-0.3, -0.25) is 4.79 Å². The zero-order valence-corrected chi connectivity index (χ0v) is 11.7. The zero-order chi connectivity index (χ0) is 13.0. The molecule has 2 rings (SSSR count). The quantitative estimate of drug-likeness (QED) is 0.843. The average Bonchev–Trinajstić information content (AvgIpc) is 2.34. The number of rotatable bonds is 3. The van der Waals surface area contributed by atoms with Gasteiger partial charge in [-0.25, -0.2) is 0 Å². The lowest BCUT2D eigenvalue weighted by molar-refractivity contribution is -0.119. The Kier molecular flexibility index (Phi) is 4.60. The Morgan fingerprint density at radius 3 is 3.00 bits per heavy atom. The number of hydrogen-bond acceptors (Lipinski definition) is 3. The largest absolute Gasteiger partial charge is 0.399 e. The summed E-state index contributed by atoms with van der Waals surface area (Å²) < 4.78 is 6.34. The lowest BCUT2D eigenvalue weighted by atomic mass is 10.1. The van der Waals surface area contributed by atoms with Crippen LogP contribution in [-0.2, 0) is 9.53 Å². The van der Waals surface area contributed by atoms with Crippen LogP contribution in [0.2, 0.25) is 0 Å². The second kappa shape index (κ2) is 6.20. The molecule has 0 radical (unpaired) electrons. The molecule has 1 unspecified atom stereocenters. The number of amides is 1. The minimum atomic E-state index is -0.0210. The number of halogens is 1. The van der Waals surface area contributed by atoms with Crippen LogP contribution in [0.4, 0.5) is 11.4 Å². The van der Waals surface area contributed by atoms with Gasteiger partial charge in [-0.15, -0.1) is 0 Å². The highest BCUT2D eigenvalue weighted by molar-refractivity contribution is 9.10. The molecule has 1 fully saturated rings. The van der Waals surface area contributed by atoms with Gasteiger partial charge in [0.15, 0.2) is 0 Å². The van der Waals surface area contributed by atoms with Gasteiger partial charge in [-0.2, -0.15) is 0 Å². The molecule has 0 bridgehead atoms. The standard InChI is InChI=1S/C13H17BrN2O2/c14-11-7-9(15)4-5-12(11)16-13(17)8-10-3-1-2-6-18-10/h4-5,7,10H,1-3,6,8,15H2,(H,16,17). The molecule has 1 aliphatic heterocycles. The lowest BCUT2D eigenvalue weighted by Crippen LogP contribution is -2.25. The molecule has 1 atom stereocenters. The first-order valence-electron chi connectivity index (χ1n) is 6.11. The van der Waals surface area contributed by atoms with Gasteiger partial charge in [0.1, 0.15) is 0 Å². The molecule has 1 saturated heterocycles. The van der Waals surface area contributed by atoms with Crippen LogP contribution < -0.4 is 11.1 Å². The van der Waals surface area contributed by atoms with Crippen molar-refractivity contribution in [3.8, 4) is 0 Å². The third-order valence-corrected chi connectivity index (χ3v) is 3.61. The molecule has 3 N–H and O–H groups in total. The van der Waals surface area contributed by atoms with Crippen LogP contribution in [0.5, 0.6) is 0 Å². The summed E-state index contributed by atoms with van der Waals surface area (Å²) in [7, 11) is 0. The second-order valence-corrected chi connectivity index (χ2v) is 5.33. The molecule has 1 amide bonds. The smallest absolute Gasteiger partial charge is 0.227 e. The number of ether oxygens (including phenoxy) is 1. The van der Waals surface area contributed by atoms with Gasteiger partial charge in [-0.1, -0.05) is 0 Å². The fraction of sp³-hybridized carbons (Fsp3) is 0.462. The molecule has 5 heteroatoms. The van der Waals surface area contributed by atoms with Gasteiger partial charge in [0, 0.05) is 16.8 Å². The maximum Gasteiger partial charge on any atom is 0.227 e. The van der Waals surface area contributed by atoms with Crippen molar-refractivity contribution in [3.05, 3.63) is 22.7 Å². The third kappa shape index (κ3) is 3.71. The van der Waals surface area contributed by atoms with Crippen LogP contribution in [0, 0.1) is 0 Å². The third-order valence-electron chi connectivity index (χ3n) is 2.95. The Morgan fingerprint density at radius 1 is 1.50 bits per heavy atom. The van der Waals surface area contributed by atoms with E-state index in [1.165, 1.54) is 0 Å². The van der Waals surface area contributed by atoms with Crippen molar-refractivity contribution in [2.75, 3.05) is 17.7 Å². The van der Waals surface area contributed by atoms with Crippen LogP contribution in [0.3, 0.4) is 0 Å². The summed E-state index contributed by atoms with van der Waals surface area (Å²) in [5, 5.41) is 2.86. The summed E-state index contributed by atoms with van der Waals surface area (Å²) in [5.74, 6) is -0.0210. The van der Waals surface area contributed by atoms with Crippen molar-refractivity contribution >= 4 is 33.2 Å². The molecule has 0 saturated carbocycles. The van der Waals surface area contributed by atoms with Crippen LogP contribution in [0.25, 0.3) is 0 Å². The predicted octanol–water partition coefficient (Wildman–Crippen LogP) is 2.93. The van der Waals surface area contributed by atoms with Crippen molar-refractivity contribution in [1.82, 2.24) is 0 Å². The number of benzene rings is 1. The number of carbonyl (C=O) groups is 1. The highest BCUT2D eigenvalue weighted by atomic mass is 79.9. The van der Waals surface area contributed by atoms with Crippen LogP contribution in [0.15, 0.2) is 22.7 Å². The monoisotopic (exact) mass is 312 g/mol. The lowest BCUT2D eigenvalue weighted by Gasteiger charge is -2.22. The summed E-state index contributed by atoms with van der Waals surface area (Å²) in [5.41, 5.74) is 7.05. The number of hydrogen-bond donors (Lipinski definition) is 2. The summed E-state index contributed by atoms with van der Waals surface area (Å²) in [6.45, 7) is 0.767. The molecule has 1 aromatic rings. The first-order valence-corrected chi connectivity index (χ1v) is 6.91. The summed E-state index contributed by atoms with van der Waals surface area (Å²) in [6, 6.07) is 5.32. The normalized spacial score (nSPS) is 19.5. The Hall–Kier alpha value is -1.07. The van der Waals surface area contributed by atoms with Crippen molar-refractivity contribution in [2.24, 2.45) is 0 Å². The number of anilines is 2. The topological polar surface area (TPSA) is 64.3 Å². The molecule has 98 valence electrons. The Bertz CT molecular complexity index is 431. The van der Waals surface area contributed by atoms with Crippen molar-refractivity contribution in [2.45, 2.75) is 31.8 Å². The van der Waals surface area contributed by atoms with E-state index >= 15 is 0 Å². The van der Waals surface area contributed by atoms with Crippen molar-refractivity contribution in [1.29, 1.82) is 0 Å². The van der Waals surface area contributed by atoms with E-state index in [9.17, 15) is 4.79 Å². The maximum absolute atomic E-state index is 11.9. The molecule has 0 spiro atoms. The van der Waals surface area contributed by atoms with Gasteiger partial charge in [-0.05, 0) is 53.4 Å². The van der Waals surface area contributed by atoms with E-state index in [0.717, 1.165) is 36.0 Å². The Labute approximate surface area is 115 Å². The highest BCUT2D eigenvalue weighted by Gasteiger charge is 2.18. The average molecular weight is 313 g/mol. The predicted molar refractivity (Wildman–Crippen MR) is 75.4 cm³/mol. The van der Waals surface area contributed by atoms with E-state index < -0.39 is 0 Å². The van der Waals surface area contributed by atoms with E-state index in [0.29, 0.717) is 12.1 Å². The number of carbonyl (C=O) groups excluding carboxylic acids is 1. The van der Waals surface area contributed by atoms with E-state index in [2.05, 4.69) is 21.2 Å². The molecule has 1 heterocycles. The maximum atomic E-state index is 11.9. The van der Waals surface area contributed by atoms with Gasteiger partial charge >= 0.3 is 0 Å². The van der Waals surface area contributed by atoms with Gasteiger partial charge in [0.25, 0.3) is 0 Å². The number of nitrogen functional groups attached to an aromatic ring is 1. The summed E-state index contributed by atoms with van der Waals surface area (Å²) >= 11 is 3.37. The zero-order valence-electron chi connectivity index (χ0n) is 10.1. The van der Waals surface area contributed by atoms with E-state index in [4.69, 9.17) is 10.5 Å². The number of nitrogens with one attached hydrogen (secondary N) is 1. The van der Waals surface area contributed by atoms with Crippen LogP contribution in [-0.4, -0.2) is 18.6 Å². The molecular weight excluding hydrogens is 296 g/mol. The summed E-state index contributed by atoms with van der Waals surface area (Å²) in [6.07, 6.45) is 3.68. The van der Waals surface area contributed by atoms with Gasteiger partial charge in [0.05, 0.1) is 18.2 Å². The first-order chi connectivity index (χ1) is 8.65. The molecule has 1 aliphatic rings. The minimum Gasteiger partial charge on any atom is -0.399 e. The molecule has 0 aliphatic carbocycles. The summed E-state index contributed by atoms with van der Waals surface area (Å²) in [4.78, 5) is 11.9. The Morgan fingerprint density at radius 2 is 2.33 bits per heavy atom. The fourth-order valence-electron chi connectivity index (χ4n) is 2.01. The first kappa shape index (κ1) is 13.4. The van der Waals surface area contributed by atoms with Crippen LogP contribution >= 0.6 is 15.9 Å².